The Morgan fingerprint density at radius 1 is 1.18 bits per heavy atom. The number of carbonyl (C=O) groups is 1. The number of nitrogens with zero attached hydrogens (tertiary/aromatic N) is 6. The van der Waals surface area contributed by atoms with Crippen molar-refractivity contribution in [3.8, 4) is 17.6 Å². The van der Waals surface area contributed by atoms with Crippen molar-refractivity contribution in [2.75, 3.05) is 5.32 Å². The molecule has 0 saturated carbocycles. The van der Waals surface area contributed by atoms with Gasteiger partial charge in [-0.1, -0.05) is 6.07 Å². The number of carbonyl (C=O) groups excluding carboxylic acids is 1. The SMILES string of the molecule is Cn1c(CNc2cccc(C(=O)N[C@@H](C#N)c3cc(F)ccc3F)c2)nnc1-c1ccncn1. The third kappa shape index (κ3) is 4.86. The monoisotopic (exact) mass is 460 g/mol. The van der Waals surface area contributed by atoms with Crippen LogP contribution in [0.3, 0.4) is 0 Å². The molecule has 0 aliphatic carbocycles. The molecule has 34 heavy (non-hydrogen) atoms. The van der Waals surface area contributed by atoms with E-state index in [1.54, 1.807) is 47.2 Å². The summed E-state index contributed by atoms with van der Waals surface area (Å²) >= 11 is 0. The van der Waals surface area contributed by atoms with Crippen LogP contribution in [0.25, 0.3) is 11.5 Å². The van der Waals surface area contributed by atoms with Crippen LogP contribution in [0, 0.1) is 23.0 Å². The van der Waals surface area contributed by atoms with Crippen LogP contribution in [-0.2, 0) is 13.6 Å². The highest BCUT2D eigenvalue weighted by molar-refractivity contribution is 5.95. The van der Waals surface area contributed by atoms with Gasteiger partial charge in [0.05, 0.1) is 12.6 Å². The van der Waals surface area contributed by atoms with E-state index in [0.29, 0.717) is 29.6 Å². The number of benzene rings is 2. The van der Waals surface area contributed by atoms with Crippen LogP contribution in [0.5, 0.6) is 0 Å². The Kier molecular flexibility index (Phi) is 6.49. The molecule has 0 spiro atoms. The third-order valence-corrected chi connectivity index (χ3v) is 5.03. The molecule has 0 unspecified atom stereocenters. The molecule has 0 aliphatic rings. The lowest BCUT2D eigenvalue weighted by molar-refractivity contribution is 0.0944. The molecular formula is C23H18F2N8O. The highest BCUT2D eigenvalue weighted by Crippen LogP contribution is 2.20. The maximum Gasteiger partial charge on any atom is 0.252 e. The van der Waals surface area contributed by atoms with Gasteiger partial charge in [-0.2, -0.15) is 5.26 Å². The molecule has 0 radical (unpaired) electrons. The zero-order chi connectivity index (χ0) is 24.1. The van der Waals surface area contributed by atoms with Crippen LogP contribution in [-0.4, -0.2) is 30.6 Å². The summed E-state index contributed by atoms with van der Waals surface area (Å²) in [5.74, 6) is -0.880. The quantitative estimate of drug-likeness (QED) is 0.434. The predicted molar refractivity (Wildman–Crippen MR) is 118 cm³/mol. The summed E-state index contributed by atoms with van der Waals surface area (Å²) < 4.78 is 29.3. The van der Waals surface area contributed by atoms with E-state index < -0.39 is 23.6 Å². The van der Waals surface area contributed by atoms with E-state index in [1.165, 1.54) is 6.33 Å². The lowest BCUT2D eigenvalue weighted by Crippen LogP contribution is -2.28. The predicted octanol–water partition coefficient (Wildman–Crippen LogP) is 3.16. The number of anilines is 1. The van der Waals surface area contributed by atoms with E-state index in [-0.39, 0.29) is 11.1 Å². The summed E-state index contributed by atoms with van der Waals surface area (Å²) in [6, 6.07) is 11.4. The average Bonchev–Trinajstić information content (AvgIpc) is 3.23. The van der Waals surface area contributed by atoms with E-state index in [9.17, 15) is 18.8 Å². The second-order valence-corrected chi connectivity index (χ2v) is 7.23. The summed E-state index contributed by atoms with van der Waals surface area (Å²) in [5.41, 5.74) is 1.25. The Morgan fingerprint density at radius 3 is 2.79 bits per heavy atom. The molecule has 0 saturated heterocycles. The normalized spacial score (nSPS) is 11.5. The summed E-state index contributed by atoms with van der Waals surface area (Å²) in [5, 5.41) is 23.3. The molecule has 1 amide bonds. The zero-order valence-corrected chi connectivity index (χ0v) is 17.9. The Balaban J connectivity index is 1.45. The molecule has 0 fully saturated rings. The van der Waals surface area contributed by atoms with E-state index in [0.717, 1.165) is 18.2 Å². The average molecular weight is 460 g/mol. The summed E-state index contributed by atoms with van der Waals surface area (Å²) in [4.78, 5) is 20.7. The van der Waals surface area contributed by atoms with Crippen molar-refractivity contribution in [3.05, 3.63) is 89.6 Å². The molecule has 170 valence electrons. The third-order valence-electron chi connectivity index (χ3n) is 5.03. The van der Waals surface area contributed by atoms with Crippen LogP contribution in [0.1, 0.15) is 27.8 Å². The first-order valence-electron chi connectivity index (χ1n) is 10.1. The zero-order valence-electron chi connectivity index (χ0n) is 17.9. The Labute approximate surface area is 193 Å². The molecule has 2 aromatic carbocycles. The fourth-order valence-electron chi connectivity index (χ4n) is 3.24. The number of amides is 1. The largest absolute Gasteiger partial charge is 0.378 e. The maximum atomic E-state index is 14.0. The molecule has 11 heteroatoms. The lowest BCUT2D eigenvalue weighted by Gasteiger charge is -2.14. The van der Waals surface area contributed by atoms with Gasteiger partial charge in [0.1, 0.15) is 29.7 Å². The highest BCUT2D eigenvalue weighted by Gasteiger charge is 2.20. The molecule has 0 bridgehead atoms. The minimum absolute atomic E-state index is 0.238. The fraction of sp³-hybridized carbons (Fsp3) is 0.130. The number of halogens is 2. The number of hydrogen-bond donors (Lipinski definition) is 2. The smallest absolute Gasteiger partial charge is 0.252 e. The van der Waals surface area contributed by atoms with Gasteiger partial charge in [0.25, 0.3) is 5.91 Å². The minimum Gasteiger partial charge on any atom is -0.378 e. The van der Waals surface area contributed by atoms with E-state index in [1.807, 2.05) is 7.05 Å². The van der Waals surface area contributed by atoms with E-state index in [2.05, 4.69) is 30.8 Å². The van der Waals surface area contributed by atoms with Crippen molar-refractivity contribution in [2.24, 2.45) is 7.05 Å². The van der Waals surface area contributed by atoms with Gasteiger partial charge in [-0.3, -0.25) is 4.79 Å². The standard InChI is InChI=1S/C23H18F2N8O/c1-33-21(31-32-22(33)19-7-8-27-13-29-19)12-28-16-4-2-3-14(9-16)23(34)30-20(11-26)17-10-15(24)5-6-18(17)25/h2-10,13,20,28H,12H2,1H3,(H,30,34)/t20-/m0/s1. The van der Waals surface area contributed by atoms with Gasteiger partial charge in [0.2, 0.25) is 0 Å². The number of nitrogens with one attached hydrogen (secondary N) is 2. The van der Waals surface area contributed by atoms with Gasteiger partial charge in [-0.25, -0.2) is 18.7 Å². The molecule has 2 aromatic heterocycles. The van der Waals surface area contributed by atoms with Gasteiger partial charge in [0.15, 0.2) is 11.6 Å². The number of rotatable bonds is 7. The van der Waals surface area contributed by atoms with Crippen LogP contribution >= 0.6 is 0 Å². The first-order chi connectivity index (χ1) is 16.5. The second-order valence-electron chi connectivity index (χ2n) is 7.23. The maximum absolute atomic E-state index is 14.0. The molecule has 1 atom stereocenters. The molecule has 4 aromatic rings. The van der Waals surface area contributed by atoms with Crippen molar-refractivity contribution in [1.29, 1.82) is 5.26 Å². The number of hydrogen-bond acceptors (Lipinski definition) is 7. The molecule has 4 rings (SSSR count). The lowest BCUT2D eigenvalue weighted by atomic mass is 10.1. The first kappa shape index (κ1) is 22.5. The van der Waals surface area contributed by atoms with Crippen molar-refractivity contribution in [2.45, 2.75) is 12.6 Å². The Hall–Kier alpha value is -4.72. The van der Waals surface area contributed by atoms with Crippen LogP contribution in [0.4, 0.5) is 14.5 Å². The van der Waals surface area contributed by atoms with Crippen LogP contribution < -0.4 is 10.6 Å². The van der Waals surface area contributed by atoms with Crippen molar-refractivity contribution >= 4 is 11.6 Å². The topological polar surface area (TPSA) is 121 Å². The molecule has 9 nitrogen and oxygen atoms in total. The Bertz CT molecular complexity index is 1370. The van der Waals surface area contributed by atoms with Crippen LogP contribution in [0.2, 0.25) is 0 Å². The molecule has 2 heterocycles. The minimum atomic E-state index is -1.35. The molecular weight excluding hydrogens is 442 g/mol. The first-order valence-corrected chi connectivity index (χ1v) is 10.1. The number of nitriles is 1. The highest BCUT2D eigenvalue weighted by atomic mass is 19.1. The number of aromatic nitrogens is 5. The van der Waals surface area contributed by atoms with E-state index >= 15 is 0 Å². The molecule has 0 aliphatic heterocycles. The van der Waals surface area contributed by atoms with Crippen LogP contribution in [0.15, 0.2) is 61.1 Å². The summed E-state index contributed by atoms with van der Waals surface area (Å²) in [6.45, 7) is 0.314. The van der Waals surface area contributed by atoms with Crippen molar-refractivity contribution in [1.82, 2.24) is 30.0 Å². The summed E-state index contributed by atoms with van der Waals surface area (Å²) in [6.07, 6.45) is 3.04. The van der Waals surface area contributed by atoms with Crippen molar-refractivity contribution < 1.29 is 13.6 Å². The van der Waals surface area contributed by atoms with Gasteiger partial charge >= 0.3 is 0 Å². The van der Waals surface area contributed by atoms with Gasteiger partial charge in [0, 0.05) is 30.1 Å². The molecule has 2 N–H and O–H groups in total. The fourth-order valence-corrected chi connectivity index (χ4v) is 3.24. The summed E-state index contributed by atoms with van der Waals surface area (Å²) in [7, 11) is 1.81. The van der Waals surface area contributed by atoms with Gasteiger partial charge < -0.3 is 15.2 Å². The van der Waals surface area contributed by atoms with Gasteiger partial charge in [-0.05, 0) is 42.5 Å². The van der Waals surface area contributed by atoms with Gasteiger partial charge in [-0.15, -0.1) is 10.2 Å². The van der Waals surface area contributed by atoms with Crippen molar-refractivity contribution in [3.63, 3.8) is 0 Å². The second kappa shape index (κ2) is 9.83. The Morgan fingerprint density at radius 2 is 2.03 bits per heavy atom. The van der Waals surface area contributed by atoms with E-state index in [4.69, 9.17) is 0 Å².